The molecule has 4 nitrogen and oxygen atoms in total. The molecule has 0 fully saturated rings. The van der Waals surface area contributed by atoms with Gasteiger partial charge in [0.1, 0.15) is 22.3 Å². The Morgan fingerprint density at radius 1 is 0.271 bits per heavy atom. The van der Waals surface area contributed by atoms with Gasteiger partial charge in [-0.3, -0.25) is 0 Å². The summed E-state index contributed by atoms with van der Waals surface area (Å²) < 4.78 is 14.0. The van der Waals surface area contributed by atoms with Crippen molar-refractivity contribution in [3.8, 4) is 55.6 Å². The molecule has 17 rings (SSSR count). The maximum absolute atomic E-state index is 7.06. The number of rotatable bonds is 8. The predicted octanol–water partition coefficient (Wildman–Crippen LogP) is 22.7. The van der Waals surface area contributed by atoms with Gasteiger partial charge in [-0.05, 0) is 169 Å². The molecule has 14 aromatic rings. The van der Waals surface area contributed by atoms with Crippen molar-refractivity contribution < 1.29 is 8.83 Å². The molecule has 406 valence electrons. The fourth-order valence-corrected chi connectivity index (χ4v) is 15.4. The minimum atomic E-state index is -0.377. The molecule has 4 heteroatoms. The summed E-state index contributed by atoms with van der Waals surface area (Å²) in [5.74, 6) is 0. The Kier molecular flexibility index (Phi) is 10.4. The number of anilines is 6. The van der Waals surface area contributed by atoms with E-state index in [2.05, 4.69) is 306 Å². The minimum Gasteiger partial charge on any atom is -0.455 e. The summed E-state index contributed by atoms with van der Waals surface area (Å²) in [6, 6.07) is 93.2. The Bertz CT molecular complexity index is 5020. The Morgan fingerprint density at radius 3 is 1.29 bits per heavy atom. The van der Waals surface area contributed by atoms with Crippen molar-refractivity contribution in [1.29, 1.82) is 0 Å². The van der Waals surface area contributed by atoms with E-state index in [-0.39, 0.29) is 16.2 Å². The van der Waals surface area contributed by atoms with Crippen molar-refractivity contribution in [1.82, 2.24) is 0 Å². The van der Waals surface area contributed by atoms with Crippen molar-refractivity contribution in [3.63, 3.8) is 0 Å². The number of benzene rings is 12. The normalized spacial score (nSPS) is 14.5. The van der Waals surface area contributed by atoms with Crippen molar-refractivity contribution in [2.45, 2.75) is 57.8 Å². The van der Waals surface area contributed by atoms with E-state index in [1.165, 1.54) is 88.7 Å². The first-order chi connectivity index (χ1) is 41.4. The van der Waals surface area contributed by atoms with E-state index in [1.807, 2.05) is 0 Å². The Labute approximate surface area is 495 Å². The van der Waals surface area contributed by atoms with Crippen molar-refractivity contribution in [3.05, 3.63) is 288 Å². The van der Waals surface area contributed by atoms with Gasteiger partial charge in [0.05, 0.1) is 0 Å². The maximum Gasteiger partial charge on any atom is 0.144 e. The van der Waals surface area contributed by atoms with E-state index in [9.17, 15) is 0 Å². The van der Waals surface area contributed by atoms with Gasteiger partial charge in [-0.15, -0.1) is 0 Å². The van der Waals surface area contributed by atoms with Gasteiger partial charge in [-0.25, -0.2) is 0 Å². The lowest BCUT2D eigenvalue weighted by Gasteiger charge is -2.32. The van der Waals surface area contributed by atoms with E-state index in [0.717, 1.165) is 78.4 Å². The van der Waals surface area contributed by atoms with Crippen LogP contribution in [0.25, 0.3) is 99.5 Å². The third kappa shape index (κ3) is 7.03. The van der Waals surface area contributed by atoms with Gasteiger partial charge < -0.3 is 18.6 Å². The number of para-hydroxylation sites is 4. The molecular formula is C81H60N2O2. The van der Waals surface area contributed by atoms with Crippen LogP contribution in [0.4, 0.5) is 34.1 Å². The molecule has 3 aliphatic carbocycles. The number of fused-ring (bicyclic) bond motifs is 19. The van der Waals surface area contributed by atoms with Crippen LogP contribution in [0.3, 0.4) is 0 Å². The average Bonchev–Trinajstić information content (AvgIpc) is 1.52. The smallest absolute Gasteiger partial charge is 0.144 e. The zero-order chi connectivity index (χ0) is 57.1. The van der Waals surface area contributed by atoms with Crippen LogP contribution in [0, 0.1) is 0 Å². The fourth-order valence-electron chi connectivity index (χ4n) is 15.4. The van der Waals surface area contributed by atoms with Crippen LogP contribution >= 0.6 is 0 Å². The molecule has 85 heavy (non-hydrogen) atoms. The molecule has 2 aromatic heterocycles. The van der Waals surface area contributed by atoms with Crippen molar-refractivity contribution >= 4 is 78.0 Å². The van der Waals surface area contributed by atoms with Gasteiger partial charge in [-0.1, -0.05) is 205 Å². The second-order valence-corrected chi connectivity index (χ2v) is 25.1. The number of hydrogen-bond acceptors (Lipinski definition) is 4. The van der Waals surface area contributed by atoms with Crippen LogP contribution in [-0.2, 0) is 16.2 Å². The maximum atomic E-state index is 7.06. The van der Waals surface area contributed by atoms with Crippen LogP contribution in [0.15, 0.2) is 264 Å². The van der Waals surface area contributed by atoms with Gasteiger partial charge >= 0.3 is 0 Å². The molecule has 3 aliphatic rings. The highest BCUT2D eigenvalue weighted by Crippen LogP contribution is 2.64. The van der Waals surface area contributed by atoms with E-state index >= 15 is 0 Å². The summed E-state index contributed by atoms with van der Waals surface area (Å²) >= 11 is 0. The van der Waals surface area contributed by atoms with Crippen LogP contribution < -0.4 is 9.80 Å². The molecule has 0 unspecified atom stereocenters. The molecule has 0 amide bonds. The van der Waals surface area contributed by atoms with Gasteiger partial charge in [0.15, 0.2) is 0 Å². The monoisotopic (exact) mass is 1090 g/mol. The first-order valence-corrected chi connectivity index (χ1v) is 29.8. The first kappa shape index (κ1) is 49.4. The molecule has 0 radical (unpaired) electrons. The van der Waals surface area contributed by atoms with E-state index in [0.29, 0.717) is 0 Å². The summed E-state index contributed by atoms with van der Waals surface area (Å²) in [5, 5.41) is 4.66. The molecule has 0 N–H and O–H groups in total. The van der Waals surface area contributed by atoms with Crippen LogP contribution in [0.2, 0.25) is 0 Å². The molecule has 0 saturated carbocycles. The highest BCUT2D eigenvalue weighted by atomic mass is 16.3. The summed E-state index contributed by atoms with van der Waals surface area (Å²) in [6.07, 6.45) is 0. The van der Waals surface area contributed by atoms with Crippen LogP contribution in [0.1, 0.15) is 74.9 Å². The SMILES string of the molecule is CC1(C)c2cc(N(c3ccc(N(c4ccccc4)c4ccccc4)cc3)c3ccc4c(c3)C(C)(C)c3c5c(c6oc7ccccc7c6c3-4)-c3ccccc3C5(C)C)ccc2-c2c1cc(-c1ccc(-c3ccccc3)cc1)c1oc3ccccc3c21. The summed E-state index contributed by atoms with van der Waals surface area (Å²) in [6.45, 7) is 14.6. The summed E-state index contributed by atoms with van der Waals surface area (Å²) in [4.78, 5) is 4.83. The fraction of sp³-hybridized carbons (Fsp3) is 0.111. The van der Waals surface area contributed by atoms with Crippen LogP contribution in [-0.4, -0.2) is 0 Å². The Morgan fingerprint density at radius 2 is 0.682 bits per heavy atom. The standard InChI is InChI=1S/C81H60N2O2/c1-79(2)65-46-56(42-44-59(65)70-67(79)48-63(77-72(70)61-29-17-20-32-68(61)84-77)51-36-34-50(35-37-51)49-22-10-7-11-23-49)83(55-40-38-54(39-41-55)82(52-24-12-8-13-25-52)53-26-14-9-15-27-53)57-43-45-60-66(47-57)81(5,6)75-71(60)73-62-30-18-21-33-69(62)85-78(73)74-58-28-16-19-31-64(58)80(3,4)76(74)75/h7-48H,1-6H3. The summed E-state index contributed by atoms with van der Waals surface area (Å²) in [7, 11) is 0. The van der Waals surface area contributed by atoms with Crippen molar-refractivity contribution in [2.75, 3.05) is 9.80 Å². The highest BCUT2D eigenvalue weighted by molar-refractivity contribution is 6.21. The molecule has 2 heterocycles. The second kappa shape index (κ2) is 17.9. The zero-order valence-electron chi connectivity index (χ0n) is 48.5. The van der Waals surface area contributed by atoms with Gasteiger partial charge in [0.25, 0.3) is 0 Å². The molecule has 0 spiro atoms. The lowest BCUT2D eigenvalue weighted by Crippen LogP contribution is -2.24. The number of hydrogen-bond donors (Lipinski definition) is 0. The van der Waals surface area contributed by atoms with E-state index in [4.69, 9.17) is 8.83 Å². The molecule has 0 aliphatic heterocycles. The molecule has 0 bridgehead atoms. The minimum absolute atomic E-state index is 0.261. The topological polar surface area (TPSA) is 32.8 Å². The molecule has 0 atom stereocenters. The first-order valence-electron chi connectivity index (χ1n) is 29.8. The van der Waals surface area contributed by atoms with Gasteiger partial charge in [0, 0.05) is 83.0 Å². The number of furan rings is 2. The Balaban J connectivity index is 0.863. The van der Waals surface area contributed by atoms with Gasteiger partial charge in [0.2, 0.25) is 0 Å². The third-order valence-electron chi connectivity index (χ3n) is 19.4. The Hall–Kier alpha value is -10.2. The number of nitrogens with zero attached hydrogens (tertiary/aromatic N) is 2. The zero-order valence-corrected chi connectivity index (χ0v) is 48.5. The third-order valence-corrected chi connectivity index (χ3v) is 19.4. The van der Waals surface area contributed by atoms with Crippen LogP contribution in [0.5, 0.6) is 0 Å². The second-order valence-electron chi connectivity index (χ2n) is 25.1. The molecular weight excluding hydrogens is 1030 g/mol. The average molecular weight is 1090 g/mol. The molecule has 0 saturated heterocycles. The summed E-state index contributed by atoms with van der Waals surface area (Å²) in [5.41, 5.74) is 29.4. The predicted molar refractivity (Wildman–Crippen MR) is 354 cm³/mol. The van der Waals surface area contributed by atoms with Gasteiger partial charge in [-0.2, -0.15) is 0 Å². The lowest BCUT2D eigenvalue weighted by atomic mass is 9.72. The largest absolute Gasteiger partial charge is 0.455 e. The highest BCUT2D eigenvalue weighted by Gasteiger charge is 2.49. The van der Waals surface area contributed by atoms with E-state index < -0.39 is 0 Å². The van der Waals surface area contributed by atoms with Crippen molar-refractivity contribution in [2.24, 2.45) is 0 Å². The lowest BCUT2D eigenvalue weighted by molar-refractivity contribution is 0.600. The quantitative estimate of drug-likeness (QED) is 0.152. The molecule has 12 aromatic carbocycles. The van der Waals surface area contributed by atoms with E-state index in [1.54, 1.807) is 0 Å².